The Kier molecular flexibility index (Phi) is 3.87. The van der Waals surface area contributed by atoms with Crippen LogP contribution in [0.3, 0.4) is 0 Å². The van der Waals surface area contributed by atoms with Gasteiger partial charge in [0.05, 0.1) is 6.33 Å². The maximum Gasteiger partial charge on any atom is 0.0951 e. The van der Waals surface area contributed by atoms with Gasteiger partial charge in [0.2, 0.25) is 0 Å². The highest BCUT2D eigenvalue weighted by molar-refractivity contribution is 5.36. The summed E-state index contributed by atoms with van der Waals surface area (Å²) >= 11 is 0. The predicted octanol–water partition coefficient (Wildman–Crippen LogP) is 4.14. The summed E-state index contributed by atoms with van der Waals surface area (Å²) in [6.45, 7) is 5.24. The number of aryl methyl sites for hydroxylation is 2. The van der Waals surface area contributed by atoms with E-state index in [0.717, 1.165) is 13.0 Å². The van der Waals surface area contributed by atoms with Crippen LogP contribution in [-0.2, 0) is 13.0 Å². The van der Waals surface area contributed by atoms with Crippen LogP contribution in [0.25, 0.3) is 0 Å². The lowest BCUT2D eigenvalue weighted by Crippen LogP contribution is -2.05. The number of benzene rings is 2. The van der Waals surface area contributed by atoms with E-state index in [1.165, 1.54) is 27.9 Å². The van der Waals surface area contributed by atoms with E-state index in [4.69, 9.17) is 0 Å². The Morgan fingerprint density at radius 3 is 2.33 bits per heavy atom. The fourth-order valence-electron chi connectivity index (χ4n) is 2.73. The third kappa shape index (κ3) is 3.05. The van der Waals surface area contributed by atoms with Crippen LogP contribution in [0.2, 0.25) is 0 Å². The highest BCUT2D eigenvalue weighted by atomic mass is 15.0. The van der Waals surface area contributed by atoms with Gasteiger partial charge in [-0.15, -0.1) is 0 Å². The third-order valence-corrected chi connectivity index (χ3v) is 4.00. The van der Waals surface area contributed by atoms with Crippen molar-refractivity contribution in [3.8, 4) is 0 Å². The Labute approximate surface area is 126 Å². The lowest BCUT2D eigenvalue weighted by molar-refractivity contribution is 0.752. The molecule has 0 saturated carbocycles. The number of imidazole rings is 1. The molecule has 3 aromatic rings. The molecule has 0 saturated heterocycles. The number of nitrogens with zero attached hydrogens (tertiary/aromatic N) is 2. The summed E-state index contributed by atoms with van der Waals surface area (Å²) in [5, 5.41) is 0. The molecule has 21 heavy (non-hydrogen) atoms. The molecule has 3 rings (SSSR count). The smallest absolute Gasteiger partial charge is 0.0951 e. The van der Waals surface area contributed by atoms with E-state index < -0.39 is 0 Å². The molecule has 0 amide bonds. The molecule has 0 spiro atoms. The maximum absolute atomic E-state index is 4.34. The van der Waals surface area contributed by atoms with Gasteiger partial charge in [-0.1, -0.05) is 48.5 Å². The fraction of sp³-hybridized carbons (Fsp3) is 0.211. The summed E-state index contributed by atoms with van der Waals surface area (Å²) < 4.78 is 2.24. The molecule has 1 heterocycles. The Hall–Kier alpha value is -2.35. The van der Waals surface area contributed by atoms with Crippen molar-refractivity contribution in [1.82, 2.24) is 9.55 Å². The number of hydrogen-bond acceptors (Lipinski definition) is 1. The quantitative estimate of drug-likeness (QED) is 0.700. The van der Waals surface area contributed by atoms with Gasteiger partial charge in [0.15, 0.2) is 0 Å². The summed E-state index contributed by atoms with van der Waals surface area (Å²) in [6, 6.07) is 17.0. The molecule has 1 aromatic heterocycles. The average molecular weight is 276 g/mol. The third-order valence-electron chi connectivity index (χ3n) is 4.00. The molecular weight excluding hydrogens is 256 g/mol. The molecule has 2 nitrogen and oxygen atoms in total. The lowest BCUT2D eigenvalue weighted by Gasteiger charge is -2.12. The van der Waals surface area contributed by atoms with Gasteiger partial charge in [0, 0.05) is 24.9 Å². The molecule has 2 heteroatoms. The number of hydrogen-bond donors (Lipinski definition) is 0. The molecule has 0 atom stereocenters. The van der Waals surface area contributed by atoms with Crippen LogP contribution in [0.4, 0.5) is 0 Å². The zero-order chi connectivity index (χ0) is 14.7. The maximum atomic E-state index is 4.34. The molecule has 0 radical (unpaired) electrons. The first-order valence-electron chi connectivity index (χ1n) is 7.32. The topological polar surface area (TPSA) is 17.8 Å². The van der Waals surface area contributed by atoms with Crippen molar-refractivity contribution in [3.63, 3.8) is 0 Å². The highest BCUT2D eigenvalue weighted by Crippen LogP contribution is 2.18. The van der Waals surface area contributed by atoms with Crippen LogP contribution < -0.4 is 0 Å². The average Bonchev–Trinajstić information content (AvgIpc) is 2.91. The van der Waals surface area contributed by atoms with Crippen LogP contribution in [0.15, 0.2) is 61.1 Å². The van der Waals surface area contributed by atoms with Gasteiger partial charge in [-0.25, -0.2) is 4.98 Å². The van der Waals surface area contributed by atoms with Crippen molar-refractivity contribution in [2.45, 2.75) is 26.8 Å². The predicted molar refractivity (Wildman–Crippen MR) is 86.5 cm³/mol. The molecule has 0 aliphatic heterocycles. The van der Waals surface area contributed by atoms with Crippen molar-refractivity contribution in [3.05, 3.63) is 89.0 Å². The van der Waals surface area contributed by atoms with Crippen LogP contribution in [0.1, 0.15) is 27.9 Å². The van der Waals surface area contributed by atoms with E-state index in [1.807, 2.05) is 12.5 Å². The molecule has 0 fully saturated rings. The minimum absolute atomic E-state index is 0.876. The summed E-state index contributed by atoms with van der Waals surface area (Å²) in [4.78, 5) is 4.34. The monoisotopic (exact) mass is 276 g/mol. The van der Waals surface area contributed by atoms with E-state index >= 15 is 0 Å². The Balaban J connectivity index is 1.86. The molecule has 0 unspecified atom stereocenters. The van der Waals surface area contributed by atoms with E-state index in [1.54, 1.807) is 0 Å². The van der Waals surface area contributed by atoms with Crippen molar-refractivity contribution >= 4 is 0 Å². The second kappa shape index (κ2) is 5.96. The van der Waals surface area contributed by atoms with Crippen molar-refractivity contribution in [2.75, 3.05) is 0 Å². The normalized spacial score (nSPS) is 10.8. The van der Waals surface area contributed by atoms with Crippen LogP contribution in [-0.4, -0.2) is 9.55 Å². The fourth-order valence-corrected chi connectivity index (χ4v) is 2.73. The minimum atomic E-state index is 0.876. The van der Waals surface area contributed by atoms with Gasteiger partial charge in [0.25, 0.3) is 0 Å². The Bertz CT molecular complexity index is 706. The van der Waals surface area contributed by atoms with Crippen LogP contribution in [0, 0.1) is 13.8 Å². The summed E-state index contributed by atoms with van der Waals surface area (Å²) in [5.41, 5.74) is 6.67. The van der Waals surface area contributed by atoms with E-state index in [2.05, 4.69) is 71.9 Å². The minimum Gasteiger partial charge on any atom is -0.330 e. The van der Waals surface area contributed by atoms with Gasteiger partial charge >= 0.3 is 0 Å². The molecule has 106 valence electrons. The molecule has 0 aliphatic rings. The van der Waals surface area contributed by atoms with E-state index in [9.17, 15) is 0 Å². The first-order chi connectivity index (χ1) is 10.2. The van der Waals surface area contributed by atoms with Gasteiger partial charge < -0.3 is 4.57 Å². The summed E-state index contributed by atoms with van der Waals surface area (Å²) in [5.74, 6) is 0. The van der Waals surface area contributed by atoms with Crippen molar-refractivity contribution in [1.29, 1.82) is 0 Å². The number of aromatic nitrogens is 2. The van der Waals surface area contributed by atoms with Crippen LogP contribution >= 0.6 is 0 Å². The second-order valence-electron chi connectivity index (χ2n) is 5.55. The highest BCUT2D eigenvalue weighted by Gasteiger charge is 2.08. The molecule has 0 aliphatic carbocycles. The lowest BCUT2D eigenvalue weighted by atomic mass is 9.99. The first kappa shape index (κ1) is 13.6. The van der Waals surface area contributed by atoms with Gasteiger partial charge in [-0.2, -0.15) is 0 Å². The zero-order valence-corrected chi connectivity index (χ0v) is 12.6. The van der Waals surface area contributed by atoms with Crippen molar-refractivity contribution in [2.24, 2.45) is 0 Å². The molecule has 0 bridgehead atoms. The van der Waals surface area contributed by atoms with Gasteiger partial charge in [0.1, 0.15) is 0 Å². The van der Waals surface area contributed by atoms with Gasteiger partial charge in [-0.05, 0) is 36.1 Å². The Morgan fingerprint density at radius 2 is 1.62 bits per heavy atom. The second-order valence-corrected chi connectivity index (χ2v) is 5.55. The SMILES string of the molecule is Cc1cccc(C)c1Cc1cncn1Cc1ccccc1. The Morgan fingerprint density at radius 1 is 0.905 bits per heavy atom. The van der Waals surface area contributed by atoms with Crippen molar-refractivity contribution < 1.29 is 0 Å². The zero-order valence-electron chi connectivity index (χ0n) is 12.6. The van der Waals surface area contributed by atoms with E-state index in [0.29, 0.717) is 0 Å². The molecular formula is C19H20N2. The van der Waals surface area contributed by atoms with Crippen LogP contribution in [0.5, 0.6) is 0 Å². The first-order valence-corrected chi connectivity index (χ1v) is 7.32. The number of rotatable bonds is 4. The largest absolute Gasteiger partial charge is 0.330 e. The summed E-state index contributed by atoms with van der Waals surface area (Å²) in [7, 11) is 0. The molecule has 2 aromatic carbocycles. The van der Waals surface area contributed by atoms with Gasteiger partial charge in [-0.3, -0.25) is 0 Å². The molecule has 0 N–H and O–H groups in total. The van der Waals surface area contributed by atoms with E-state index in [-0.39, 0.29) is 0 Å². The summed E-state index contributed by atoms with van der Waals surface area (Å²) in [6.07, 6.45) is 4.84. The standard InChI is InChI=1S/C19H20N2/c1-15-7-6-8-16(2)19(15)11-18-12-20-14-21(18)13-17-9-4-3-5-10-17/h3-10,12,14H,11,13H2,1-2H3.